The first-order valence-electron chi connectivity index (χ1n) is 8.83. The smallest absolute Gasteiger partial charge is 0.257 e. The van der Waals surface area contributed by atoms with Crippen LogP contribution in [0.4, 0.5) is 11.4 Å². The minimum Gasteiger partial charge on any atom is -0.431 e. The maximum absolute atomic E-state index is 12.3. The molecule has 0 atom stereocenters. The van der Waals surface area contributed by atoms with Gasteiger partial charge in [-0.05, 0) is 55.7 Å². The summed E-state index contributed by atoms with van der Waals surface area (Å²) in [7, 11) is 0. The third kappa shape index (κ3) is 3.70. The first-order chi connectivity index (χ1) is 12.7. The topological polar surface area (TPSA) is 58.4 Å². The Bertz CT molecular complexity index is 899. The molecule has 0 saturated carbocycles. The number of hydrogen-bond donors (Lipinski definition) is 1. The molecule has 1 amide bonds. The molecule has 1 N–H and O–H groups in total. The lowest BCUT2D eigenvalue weighted by Gasteiger charge is -2.19. The van der Waals surface area contributed by atoms with Gasteiger partial charge in [0.2, 0.25) is 5.91 Å². The number of aromatic nitrogens is 1. The SMILES string of the molecule is Cc1cc(N2CCCC2)ccc1NC(=O)CSc1nc2ccccc2o1. The van der Waals surface area contributed by atoms with Crippen LogP contribution in [-0.4, -0.2) is 29.7 Å². The Labute approximate surface area is 156 Å². The molecule has 0 spiro atoms. The Hall–Kier alpha value is -2.47. The summed E-state index contributed by atoms with van der Waals surface area (Å²) in [5.74, 6) is 0.203. The standard InChI is InChI=1S/C20H21N3O2S/c1-14-12-15(23-10-4-5-11-23)8-9-16(14)21-19(24)13-26-20-22-17-6-2-3-7-18(17)25-20/h2-3,6-9,12H,4-5,10-11,13H2,1H3,(H,21,24). The first-order valence-corrected chi connectivity index (χ1v) is 9.81. The molecule has 1 aromatic heterocycles. The van der Waals surface area contributed by atoms with Gasteiger partial charge in [-0.25, -0.2) is 4.98 Å². The number of thioether (sulfide) groups is 1. The van der Waals surface area contributed by atoms with Gasteiger partial charge in [-0.3, -0.25) is 4.79 Å². The maximum atomic E-state index is 12.3. The van der Waals surface area contributed by atoms with Crippen LogP contribution in [0.2, 0.25) is 0 Å². The molecule has 2 aromatic carbocycles. The zero-order valence-corrected chi connectivity index (χ0v) is 15.5. The number of nitrogens with one attached hydrogen (secondary N) is 1. The summed E-state index contributed by atoms with van der Waals surface area (Å²) in [6.07, 6.45) is 2.51. The Morgan fingerprint density at radius 2 is 2.04 bits per heavy atom. The molecule has 1 aliphatic rings. The second kappa shape index (κ2) is 7.41. The van der Waals surface area contributed by atoms with Crippen molar-refractivity contribution in [2.24, 2.45) is 0 Å². The average Bonchev–Trinajstić information content (AvgIpc) is 3.31. The van der Waals surface area contributed by atoms with Crippen LogP contribution >= 0.6 is 11.8 Å². The third-order valence-electron chi connectivity index (χ3n) is 4.56. The fourth-order valence-corrected chi connectivity index (χ4v) is 3.82. The normalized spacial score (nSPS) is 14.1. The Kier molecular flexibility index (Phi) is 4.84. The van der Waals surface area contributed by atoms with Gasteiger partial charge in [0, 0.05) is 24.5 Å². The number of oxazole rings is 1. The van der Waals surface area contributed by atoms with E-state index in [2.05, 4.69) is 27.3 Å². The number of carbonyl (C=O) groups excluding carboxylic acids is 1. The van der Waals surface area contributed by atoms with Crippen molar-refractivity contribution in [1.82, 2.24) is 4.98 Å². The van der Waals surface area contributed by atoms with Gasteiger partial charge in [0.05, 0.1) is 5.75 Å². The van der Waals surface area contributed by atoms with Crippen molar-refractivity contribution < 1.29 is 9.21 Å². The Balaban J connectivity index is 1.36. The van der Waals surface area contributed by atoms with E-state index < -0.39 is 0 Å². The highest BCUT2D eigenvalue weighted by Crippen LogP contribution is 2.26. The molecule has 0 radical (unpaired) electrons. The van der Waals surface area contributed by atoms with Crippen molar-refractivity contribution in [3.63, 3.8) is 0 Å². The lowest BCUT2D eigenvalue weighted by Crippen LogP contribution is -2.18. The number of amides is 1. The molecule has 0 aliphatic carbocycles. The summed E-state index contributed by atoms with van der Waals surface area (Å²) in [6, 6.07) is 13.8. The Morgan fingerprint density at radius 3 is 2.81 bits per heavy atom. The van der Waals surface area contributed by atoms with E-state index in [0.717, 1.165) is 35.4 Å². The van der Waals surface area contributed by atoms with Crippen LogP contribution in [-0.2, 0) is 4.79 Å². The lowest BCUT2D eigenvalue weighted by atomic mass is 10.1. The summed E-state index contributed by atoms with van der Waals surface area (Å²) in [5.41, 5.74) is 4.72. The maximum Gasteiger partial charge on any atom is 0.257 e. The van der Waals surface area contributed by atoms with Crippen LogP contribution < -0.4 is 10.2 Å². The number of rotatable bonds is 5. The van der Waals surface area contributed by atoms with E-state index in [4.69, 9.17) is 4.42 Å². The fraction of sp³-hybridized carbons (Fsp3) is 0.300. The summed E-state index contributed by atoms with van der Waals surface area (Å²) in [6.45, 7) is 4.27. The highest BCUT2D eigenvalue weighted by atomic mass is 32.2. The molecule has 0 unspecified atom stereocenters. The van der Waals surface area contributed by atoms with Gasteiger partial charge in [-0.1, -0.05) is 23.9 Å². The minimum absolute atomic E-state index is 0.0609. The molecule has 3 aromatic rings. The van der Waals surface area contributed by atoms with Crippen molar-refractivity contribution in [3.05, 3.63) is 48.0 Å². The summed E-state index contributed by atoms with van der Waals surface area (Å²) < 4.78 is 5.63. The number of para-hydroxylation sites is 2. The summed E-state index contributed by atoms with van der Waals surface area (Å²) in [5, 5.41) is 3.50. The molecule has 5 nitrogen and oxygen atoms in total. The fourth-order valence-electron chi connectivity index (χ4n) is 3.19. The number of nitrogens with zero attached hydrogens (tertiary/aromatic N) is 2. The first kappa shape index (κ1) is 17.0. The number of carbonyl (C=O) groups is 1. The van der Waals surface area contributed by atoms with Crippen molar-refractivity contribution in [1.29, 1.82) is 0 Å². The molecule has 0 bridgehead atoms. The second-order valence-electron chi connectivity index (χ2n) is 6.48. The molecule has 2 heterocycles. The van der Waals surface area contributed by atoms with E-state index in [9.17, 15) is 4.79 Å². The van der Waals surface area contributed by atoms with E-state index in [1.165, 1.54) is 30.3 Å². The predicted octanol–water partition coefficient (Wildman–Crippen LogP) is 4.47. The second-order valence-corrected chi connectivity index (χ2v) is 7.40. The van der Waals surface area contributed by atoms with Crippen LogP contribution in [0.15, 0.2) is 52.1 Å². The van der Waals surface area contributed by atoms with Gasteiger partial charge in [-0.2, -0.15) is 0 Å². The molecule has 26 heavy (non-hydrogen) atoms. The molecule has 4 rings (SSSR count). The van der Waals surface area contributed by atoms with E-state index in [1.807, 2.05) is 37.3 Å². The Morgan fingerprint density at radius 1 is 1.23 bits per heavy atom. The molecule has 6 heteroatoms. The van der Waals surface area contributed by atoms with Crippen LogP contribution in [0.1, 0.15) is 18.4 Å². The van der Waals surface area contributed by atoms with Gasteiger partial charge >= 0.3 is 0 Å². The van der Waals surface area contributed by atoms with Crippen molar-refractivity contribution in [2.75, 3.05) is 29.1 Å². The number of benzene rings is 2. The van der Waals surface area contributed by atoms with Gasteiger partial charge in [0.15, 0.2) is 5.58 Å². The van der Waals surface area contributed by atoms with Crippen LogP contribution in [0.25, 0.3) is 11.1 Å². The highest BCUT2D eigenvalue weighted by molar-refractivity contribution is 7.99. The van der Waals surface area contributed by atoms with E-state index in [0.29, 0.717) is 5.22 Å². The number of anilines is 2. The van der Waals surface area contributed by atoms with Crippen molar-refractivity contribution in [3.8, 4) is 0 Å². The third-order valence-corrected chi connectivity index (χ3v) is 5.38. The van der Waals surface area contributed by atoms with E-state index >= 15 is 0 Å². The predicted molar refractivity (Wildman–Crippen MR) is 106 cm³/mol. The quantitative estimate of drug-likeness (QED) is 0.675. The average molecular weight is 367 g/mol. The van der Waals surface area contributed by atoms with Crippen LogP contribution in [0.5, 0.6) is 0 Å². The number of fused-ring (bicyclic) bond motifs is 1. The molecular weight excluding hydrogens is 346 g/mol. The van der Waals surface area contributed by atoms with E-state index in [-0.39, 0.29) is 11.7 Å². The van der Waals surface area contributed by atoms with Crippen LogP contribution in [0, 0.1) is 6.92 Å². The summed E-state index contributed by atoms with van der Waals surface area (Å²) in [4.78, 5) is 19.0. The minimum atomic E-state index is -0.0609. The highest BCUT2D eigenvalue weighted by Gasteiger charge is 2.14. The molecule has 134 valence electrons. The van der Waals surface area contributed by atoms with E-state index in [1.54, 1.807) is 0 Å². The number of hydrogen-bond acceptors (Lipinski definition) is 5. The number of aryl methyl sites for hydroxylation is 1. The van der Waals surface area contributed by atoms with Crippen molar-refractivity contribution in [2.45, 2.75) is 25.0 Å². The largest absolute Gasteiger partial charge is 0.431 e. The van der Waals surface area contributed by atoms with Crippen molar-refractivity contribution >= 4 is 40.1 Å². The summed E-state index contributed by atoms with van der Waals surface area (Å²) >= 11 is 1.30. The monoisotopic (exact) mass is 367 g/mol. The van der Waals surface area contributed by atoms with Gasteiger partial charge in [0.1, 0.15) is 5.52 Å². The molecule has 1 aliphatic heterocycles. The zero-order chi connectivity index (χ0) is 17.9. The lowest BCUT2D eigenvalue weighted by molar-refractivity contribution is -0.113. The van der Waals surface area contributed by atoms with Gasteiger partial charge in [0.25, 0.3) is 5.22 Å². The molecular formula is C20H21N3O2S. The molecule has 1 saturated heterocycles. The zero-order valence-electron chi connectivity index (χ0n) is 14.7. The molecule has 1 fully saturated rings. The van der Waals surface area contributed by atoms with Gasteiger partial charge in [-0.15, -0.1) is 0 Å². The van der Waals surface area contributed by atoms with Gasteiger partial charge < -0.3 is 14.6 Å². The van der Waals surface area contributed by atoms with Crippen LogP contribution in [0.3, 0.4) is 0 Å².